The number of hydrogen-bond acceptors (Lipinski definition) is 3. The predicted octanol–water partition coefficient (Wildman–Crippen LogP) is 2.70. The molecule has 4 nitrogen and oxygen atoms in total. The van der Waals surface area contributed by atoms with Crippen molar-refractivity contribution in [2.45, 2.75) is 13.5 Å². The summed E-state index contributed by atoms with van der Waals surface area (Å²) in [4.78, 5) is 10.2. The monoisotopic (exact) mass is 215 g/mol. The van der Waals surface area contributed by atoms with Crippen LogP contribution in [0.5, 0.6) is 0 Å². The number of hydrogen-bond donors (Lipinski definition) is 0. The van der Waals surface area contributed by atoms with E-state index in [4.69, 9.17) is 16.3 Å². The molecule has 0 aromatic heterocycles. The molecule has 5 heteroatoms. The average Bonchev–Trinajstić information content (AvgIpc) is 2.10. The largest absolute Gasteiger partial charge is 0.380 e. The Morgan fingerprint density at radius 1 is 1.57 bits per heavy atom. The third kappa shape index (κ3) is 2.21. The molecule has 0 unspecified atom stereocenters. The quantitative estimate of drug-likeness (QED) is 0.575. The minimum absolute atomic E-state index is 0.0320. The second-order valence-corrected chi connectivity index (χ2v) is 3.34. The number of ether oxygens (including phenoxy) is 1. The SMILES string of the molecule is COCc1cc(Cl)cc([N+](=O)[O-])c1C. The van der Waals surface area contributed by atoms with Gasteiger partial charge in [0.25, 0.3) is 5.69 Å². The fraction of sp³-hybridized carbons (Fsp3) is 0.333. The zero-order valence-electron chi connectivity index (χ0n) is 7.91. The lowest BCUT2D eigenvalue weighted by atomic mass is 10.1. The number of methoxy groups -OCH3 is 1. The van der Waals surface area contributed by atoms with Crippen molar-refractivity contribution in [1.82, 2.24) is 0 Å². The molecule has 0 spiro atoms. The highest BCUT2D eigenvalue weighted by molar-refractivity contribution is 6.30. The number of nitrogens with zero attached hydrogens (tertiary/aromatic N) is 1. The van der Waals surface area contributed by atoms with Gasteiger partial charge in [-0.15, -0.1) is 0 Å². The predicted molar refractivity (Wildman–Crippen MR) is 53.6 cm³/mol. The van der Waals surface area contributed by atoms with E-state index in [2.05, 4.69) is 0 Å². The van der Waals surface area contributed by atoms with Crippen LogP contribution in [0.15, 0.2) is 12.1 Å². The normalized spacial score (nSPS) is 10.2. The van der Waals surface area contributed by atoms with Gasteiger partial charge < -0.3 is 4.74 Å². The van der Waals surface area contributed by atoms with Crippen molar-refractivity contribution < 1.29 is 9.66 Å². The molecule has 0 heterocycles. The van der Waals surface area contributed by atoms with Crippen LogP contribution in [0, 0.1) is 17.0 Å². The van der Waals surface area contributed by atoms with E-state index >= 15 is 0 Å². The van der Waals surface area contributed by atoms with Crippen molar-refractivity contribution >= 4 is 17.3 Å². The van der Waals surface area contributed by atoms with Crippen LogP contribution in [0.1, 0.15) is 11.1 Å². The van der Waals surface area contributed by atoms with Gasteiger partial charge in [0.1, 0.15) is 0 Å². The van der Waals surface area contributed by atoms with Gasteiger partial charge in [0.05, 0.1) is 11.5 Å². The first-order valence-corrected chi connectivity index (χ1v) is 4.36. The highest BCUT2D eigenvalue weighted by atomic mass is 35.5. The fourth-order valence-electron chi connectivity index (χ4n) is 1.21. The molecule has 0 aliphatic carbocycles. The number of benzene rings is 1. The summed E-state index contributed by atoms with van der Waals surface area (Å²) in [6.45, 7) is 2.01. The molecule has 0 atom stereocenters. The lowest BCUT2D eigenvalue weighted by Gasteiger charge is -2.05. The molecule has 0 amide bonds. The van der Waals surface area contributed by atoms with Crippen molar-refractivity contribution in [3.8, 4) is 0 Å². The van der Waals surface area contributed by atoms with Crippen LogP contribution in [0.3, 0.4) is 0 Å². The lowest BCUT2D eigenvalue weighted by Crippen LogP contribution is -1.98. The Bertz CT molecular complexity index is 365. The van der Waals surface area contributed by atoms with Crippen LogP contribution in [-0.4, -0.2) is 12.0 Å². The van der Waals surface area contributed by atoms with Crippen molar-refractivity contribution in [1.29, 1.82) is 0 Å². The van der Waals surface area contributed by atoms with Crippen LogP contribution < -0.4 is 0 Å². The van der Waals surface area contributed by atoms with Crippen LogP contribution in [0.25, 0.3) is 0 Å². The van der Waals surface area contributed by atoms with Crippen molar-refractivity contribution in [3.63, 3.8) is 0 Å². The number of halogens is 1. The van der Waals surface area contributed by atoms with Crippen molar-refractivity contribution in [2.75, 3.05) is 7.11 Å². The minimum atomic E-state index is -0.444. The summed E-state index contributed by atoms with van der Waals surface area (Å²) in [6.07, 6.45) is 0. The maximum absolute atomic E-state index is 10.6. The van der Waals surface area contributed by atoms with E-state index in [1.54, 1.807) is 13.0 Å². The Labute approximate surface area is 86.6 Å². The molecule has 1 aromatic rings. The van der Waals surface area contributed by atoms with Crippen LogP contribution in [0.4, 0.5) is 5.69 Å². The van der Waals surface area contributed by atoms with Crippen molar-refractivity contribution in [2.24, 2.45) is 0 Å². The minimum Gasteiger partial charge on any atom is -0.380 e. The molecular weight excluding hydrogens is 206 g/mol. The van der Waals surface area contributed by atoms with E-state index in [-0.39, 0.29) is 5.69 Å². The van der Waals surface area contributed by atoms with E-state index in [1.807, 2.05) is 0 Å². The highest BCUT2D eigenvalue weighted by Crippen LogP contribution is 2.26. The maximum Gasteiger partial charge on any atom is 0.274 e. The molecule has 0 radical (unpaired) electrons. The summed E-state index contributed by atoms with van der Waals surface area (Å²) >= 11 is 5.74. The molecule has 0 saturated carbocycles. The molecule has 0 bridgehead atoms. The second kappa shape index (κ2) is 4.39. The van der Waals surface area contributed by atoms with E-state index in [0.717, 1.165) is 5.56 Å². The second-order valence-electron chi connectivity index (χ2n) is 2.90. The number of rotatable bonds is 3. The Kier molecular flexibility index (Phi) is 3.43. The first-order chi connectivity index (χ1) is 6.56. The van der Waals surface area contributed by atoms with E-state index < -0.39 is 4.92 Å². The standard InChI is InChI=1S/C9H10ClNO3/c1-6-7(5-14-2)3-8(10)4-9(6)11(12)13/h3-4H,5H2,1-2H3. The van der Waals surface area contributed by atoms with Crippen LogP contribution >= 0.6 is 11.6 Å². The van der Waals surface area contributed by atoms with Gasteiger partial charge in [0.2, 0.25) is 0 Å². The highest BCUT2D eigenvalue weighted by Gasteiger charge is 2.15. The lowest BCUT2D eigenvalue weighted by molar-refractivity contribution is -0.385. The van der Waals surface area contributed by atoms with Crippen LogP contribution in [-0.2, 0) is 11.3 Å². The third-order valence-corrected chi connectivity index (χ3v) is 2.17. The van der Waals surface area contributed by atoms with E-state index in [9.17, 15) is 10.1 Å². The summed E-state index contributed by atoms with van der Waals surface area (Å²) in [5.74, 6) is 0. The van der Waals surface area contributed by atoms with Gasteiger partial charge >= 0.3 is 0 Å². The maximum atomic E-state index is 10.6. The summed E-state index contributed by atoms with van der Waals surface area (Å²) < 4.78 is 4.92. The zero-order valence-corrected chi connectivity index (χ0v) is 8.67. The van der Waals surface area contributed by atoms with Gasteiger partial charge in [0.15, 0.2) is 0 Å². The van der Waals surface area contributed by atoms with Gasteiger partial charge in [-0.25, -0.2) is 0 Å². The summed E-state index contributed by atoms with van der Waals surface area (Å²) in [6, 6.07) is 3.02. The van der Waals surface area contributed by atoms with Gasteiger partial charge in [-0.1, -0.05) is 11.6 Å². The number of nitro groups is 1. The molecule has 0 N–H and O–H groups in total. The Morgan fingerprint density at radius 3 is 2.71 bits per heavy atom. The van der Waals surface area contributed by atoms with Gasteiger partial charge in [-0.2, -0.15) is 0 Å². The van der Waals surface area contributed by atoms with Gasteiger partial charge in [-0.05, 0) is 18.6 Å². The summed E-state index contributed by atoms with van der Waals surface area (Å²) in [5.41, 5.74) is 1.37. The summed E-state index contributed by atoms with van der Waals surface area (Å²) in [5, 5.41) is 11.0. The first kappa shape index (κ1) is 10.9. The zero-order chi connectivity index (χ0) is 10.7. The molecule has 0 aliphatic rings. The molecular formula is C9H10ClNO3. The fourth-order valence-corrected chi connectivity index (χ4v) is 1.45. The average molecular weight is 216 g/mol. The molecule has 0 fully saturated rings. The first-order valence-electron chi connectivity index (χ1n) is 3.98. The third-order valence-electron chi connectivity index (χ3n) is 1.95. The Morgan fingerprint density at radius 2 is 2.21 bits per heavy atom. The van der Waals surface area contributed by atoms with Gasteiger partial charge in [-0.3, -0.25) is 10.1 Å². The Hall–Kier alpha value is -1.13. The molecule has 1 rings (SSSR count). The molecule has 76 valence electrons. The smallest absolute Gasteiger partial charge is 0.274 e. The molecule has 1 aromatic carbocycles. The van der Waals surface area contributed by atoms with Crippen molar-refractivity contribution in [3.05, 3.63) is 38.4 Å². The van der Waals surface area contributed by atoms with E-state index in [1.165, 1.54) is 13.2 Å². The molecule has 0 aliphatic heterocycles. The Balaban J connectivity index is 3.24. The summed E-state index contributed by atoms with van der Waals surface area (Å²) in [7, 11) is 1.53. The molecule has 0 saturated heterocycles. The topological polar surface area (TPSA) is 52.4 Å². The molecule has 14 heavy (non-hydrogen) atoms. The van der Waals surface area contributed by atoms with Gasteiger partial charge in [0, 0.05) is 23.8 Å². The van der Waals surface area contributed by atoms with E-state index in [0.29, 0.717) is 17.2 Å². The van der Waals surface area contributed by atoms with Crippen LogP contribution in [0.2, 0.25) is 5.02 Å². The number of nitro benzene ring substituents is 1.